The highest BCUT2D eigenvalue weighted by molar-refractivity contribution is 9.10. The number of carboxylic acid groups (broad SMARTS) is 1. The molecular weight excluding hydrogens is 298 g/mol. The number of rotatable bonds is 6. The number of hydrogen-bond donors (Lipinski definition) is 2. The summed E-state index contributed by atoms with van der Waals surface area (Å²) in [5, 5.41) is 12.0. The van der Waals surface area contributed by atoms with Crippen molar-refractivity contribution in [3.8, 4) is 5.75 Å². The summed E-state index contributed by atoms with van der Waals surface area (Å²) in [6, 6.07) is 5.67. The Kier molecular flexibility index (Phi) is 5.02. The summed E-state index contributed by atoms with van der Waals surface area (Å²) in [7, 11) is 1.61. The molecule has 0 saturated carbocycles. The Morgan fingerprint density at radius 2 is 2.17 bits per heavy atom. The van der Waals surface area contributed by atoms with Gasteiger partial charge in [0.1, 0.15) is 5.75 Å². The monoisotopic (exact) mass is 315 g/mol. The zero-order valence-electron chi connectivity index (χ0n) is 10.8. The number of halogens is 1. The number of aliphatic carboxylic acids is 1. The lowest BCUT2D eigenvalue weighted by Gasteiger charge is -2.23. The minimum absolute atomic E-state index is 0.136. The van der Waals surface area contributed by atoms with Crippen molar-refractivity contribution in [2.45, 2.75) is 20.3 Å². The maximum Gasteiger partial charge on any atom is 0.303 e. The molecular formula is C13H18BrNO3. The Balaban J connectivity index is 2.63. The van der Waals surface area contributed by atoms with Gasteiger partial charge in [0, 0.05) is 12.2 Å². The molecule has 4 nitrogen and oxygen atoms in total. The zero-order chi connectivity index (χ0) is 13.8. The lowest BCUT2D eigenvalue weighted by Crippen LogP contribution is -2.26. The van der Waals surface area contributed by atoms with E-state index in [1.807, 2.05) is 32.0 Å². The lowest BCUT2D eigenvalue weighted by atomic mass is 9.89. The number of nitrogens with one attached hydrogen (secondary N) is 1. The van der Waals surface area contributed by atoms with Crippen LogP contribution in [0.25, 0.3) is 0 Å². The maximum atomic E-state index is 10.7. The Labute approximate surface area is 115 Å². The summed E-state index contributed by atoms with van der Waals surface area (Å²) in [4.78, 5) is 10.7. The largest absolute Gasteiger partial charge is 0.496 e. The van der Waals surface area contributed by atoms with Gasteiger partial charge in [0.15, 0.2) is 0 Å². The molecule has 0 unspecified atom stereocenters. The molecule has 0 heterocycles. The third-order valence-electron chi connectivity index (χ3n) is 2.55. The van der Waals surface area contributed by atoms with Crippen LogP contribution in [0.1, 0.15) is 20.3 Å². The van der Waals surface area contributed by atoms with Crippen molar-refractivity contribution in [2.24, 2.45) is 5.41 Å². The van der Waals surface area contributed by atoms with Gasteiger partial charge in [0.25, 0.3) is 0 Å². The van der Waals surface area contributed by atoms with Gasteiger partial charge in [0.05, 0.1) is 18.0 Å². The number of hydrogen-bond acceptors (Lipinski definition) is 3. The summed E-state index contributed by atoms with van der Waals surface area (Å²) < 4.78 is 6.01. The Morgan fingerprint density at radius 3 is 2.67 bits per heavy atom. The third-order valence-corrected chi connectivity index (χ3v) is 3.17. The summed E-state index contributed by atoms with van der Waals surface area (Å²) in [5.41, 5.74) is 0.638. The van der Waals surface area contributed by atoms with E-state index in [9.17, 15) is 4.79 Å². The average molecular weight is 316 g/mol. The van der Waals surface area contributed by atoms with Crippen molar-refractivity contribution < 1.29 is 14.6 Å². The fourth-order valence-corrected chi connectivity index (χ4v) is 2.13. The highest BCUT2D eigenvalue weighted by Crippen LogP contribution is 2.28. The predicted octanol–water partition coefficient (Wildman–Crippen LogP) is 3.37. The van der Waals surface area contributed by atoms with E-state index < -0.39 is 5.97 Å². The molecule has 2 N–H and O–H groups in total. The van der Waals surface area contributed by atoms with Crippen molar-refractivity contribution in [3.05, 3.63) is 22.7 Å². The van der Waals surface area contributed by atoms with Crippen LogP contribution in [-0.4, -0.2) is 24.7 Å². The molecule has 1 aromatic rings. The molecule has 0 amide bonds. The van der Waals surface area contributed by atoms with Crippen LogP contribution in [0.2, 0.25) is 0 Å². The number of benzene rings is 1. The second-order valence-electron chi connectivity index (χ2n) is 4.94. The summed E-state index contributed by atoms with van der Waals surface area (Å²) >= 11 is 3.41. The predicted molar refractivity (Wildman–Crippen MR) is 75.2 cm³/mol. The molecule has 0 aliphatic heterocycles. The van der Waals surface area contributed by atoms with Crippen LogP contribution in [0.4, 0.5) is 5.69 Å². The molecule has 0 radical (unpaired) electrons. The molecule has 0 aliphatic carbocycles. The summed E-state index contributed by atoms with van der Waals surface area (Å²) in [5.74, 6) is -0.0111. The quantitative estimate of drug-likeness (QED) is 0.845. The minimum atomic E-state index is -0.780. The van der Waals surface area contributed by atoms with Crippen LogP contribution >= 0.6 is 15.9 Å². The molecule has 0 aromatic heterocycles. The van der Waals surface area contributed by atoms with E-state index in [4.69, 9.17) is 9.84 Å². The molecule has 0 aliphatic rings. The second-order valence-corrected chi connectivity index (χ2v) is 5.79. The van der Waals surface area contributed by atoms with Crippen molar-refractivity contribution in [2.75, 3.05) is 19.0 Å². The number of anilines is 1. The molecule has 1 rings (SSSR count). The normalized spacial score (nSPS) is 11.1. The molecule has 0 saturated heterocycles. The number of carboxylic acids is 1. The standard InChI is InChI=1S/C13H18BrNO3/c1-13(2,7-12(16)17)8-15-9-4-5-11(18-3)10(14)6-9/h4-6,15H,7-8H2,1-3H3,(H,16,17). The van der Waals surface area contributed by atoms with Gasteiger partial charge in [-0.1, -0.05) is 13.8 Å². The fourth-order valence-electron chi connectivity index (χ4n) is 1.59. The molecule has 0 atom stereocenters. The van der Waals surface area contributed by atoms with E-state index >= 15 is 0 Å². The van der Waals surface area contributed by atoms with E-state index in [1.165, 1.54) is 0 Å². The summed E-state index contributed by atoms with van der Waals surface area (Å²) in [6.45, 7) is 4.44. The van der Waals surface area contributed by atoms with Gasteiger partial charge >= 0.3 is 5.97 Å². The Bertz CT molecular complexity index is 432. The van der Waals surface area contributed by atoms with Gasteiger partial charge in [-0.3, -0.25) is 4.79 Å². The van der Waals surface area contributed by atoms with Crippen LogP contribution in [0.3, 0.4) is 0 Å². The zero-order valence-corrected chi connectivity index (χ0v) is 12.4. The SMILES string of the molecule is COc1ccc(NCC(C)(C)CC(=O)O)cc1Br. The molecule has 0 fully saturated rings. The molecule has 0 bridgehead atoms. The molecule has 1 aromatic carbocycles. The molecule has 100 valence electrons. The first kappa shape index (κ1) is 14.8. The van der Waals surface area contributed by atoms with Gasteiger partial charge in [-0.05, 0) is 39.5 Å². The topological polar surface area (TPSA) is 58.6 Å². The van der Waals surface area contributed by atoms with E-state index in [2.05, 4.69) is 21.2 Å². The Morgan fingerprint density at radius 1 is 1.50 bits per heavy atom. The first-order valence-corrected chi connectivity index (χ1v) is 6.42. The highest BCUT2D eigenvalue weighted by Gasteiger charge is 2.21. The minimum Gasteiger partial charge on any atom is -0.496 e. The molecule has 5 heteroatoms. The smallest absolute Gasteiger partial charge is 0.303 e. The van der Waals surface area contributed by atoms with E-state index in [0.717, 1.165) is 15.9 Å². The number of ether oxygens (including phenoxy) is 1. The summed E-state index contributed by atoms with van der Waals surface area (Å²) in [6.07, 6.45) is 0.136. The second kappa shape index (κ2) is 6.09. The molecule has 0 spiro atoms. The lowest BCUT2D eigenvalue weighted by molar-refractivity contribution is -0.139. The Hall–Kier alpha value is -1.23. The maximum absolute atomic E-state index is 10.7. The van der Waals surface area contributed by atoms with E-state index in [-0.39, 0.29) is 11.8 Å². The average Bonchev–Trinajstić information content (AvgIpc) is 2.25. The number of carbonyl (C=O) groups is 1. The molecule has 18 heavy (non-hydrogen) atoms. The highest BCUT2D eigenvalue weighted by atomic mass is 79.9. The van der Waals surface area contributed by atoms with E-state index in [0.29, 0.717) is 6.54 Å². The first-order valence-electron chi connectivity index (χ1n) is 5.63. The van der Waals surface area contributed by atoms with Gasteiger partial charge in [-0.2, -0.15) is 0 Å². The fraction of sp³-hybridized carbons (Fsp3) is 0.462. The van der Waals surface area contributed by atoms with Crippen LogP contribution in [0.5, 0.6) is 5.75 Å². The number of methoxy groups -OCH3 is 1. The van der Waals surface area contributed by atoms with Crippen LogP contribution < -0.4 is 10.1 Å². The van der Waals surface area contributed by atoms with Crippen molar-refractivity contribution in [3.63, 3.8) is 0 Å². The van der Waals surface area contributed by atoms with Crippen LogP contribution in [-0.2, 0) is 4.79 Å². The van der Waals surface area contributed by atoms with Gasteiger partial charge < -0.3 is 15.2 Å². The van der Waals surface area contributed by atoms with Crippen molar-refractivity contribution in [1.29, 1.82) is 0 Å². The van der Waals surface area contributed by atoms with E-state index in [1.54, 1.807) is 7.11 Å². The van der Waals surface area contributed by atoms with Crippen molar-refractivity contribution >= 4 is 27.6 Å². The van der Waals surface area contributed by atoms with Gasteiger partial charge in [-0.25, -0.2) is 0 Å². The third kappa shape index (κ3) is 4.56. The van der Waals surface area contributed by atoms with Gasteiger partial charge in [-0.15, -0.1) is 0 Å². The first-order chi connectivity index (χ1) is 8.34. The van der Waals surface area contributed by atoms with Crippen LogP contribution in [0.15, 0.2) is 22.7 Å². The van der Waals surface area contributed by atoms with Crippen molar-refractivity contribution in [1.82, 2.24) is 0 Å². The van der Waals surface area contributed by atoms with Gasteiger partial charge in [0.2, 0.25) is 0 Å². The van der Waals surface area contributed by atoms with Crippen LogP contribution in [0, 0.1) is 5.41 Å².